The molecule has 1 aromatic heterocycles. The Morgan fingerprint density at radius 2 is 1.92 bits per heavy atom. The molecule has 0 radical (unpaired) electrons. The molecule has 1 aromatic carbocycles. The van der Waals surface area contributed by atoms with E-state index >= 15 is 0 Å². The summed E-state index contributed by atoms with van der Waals surface area (Å²) < 4.78 is 0. The number of halogens is 1. The van der Waals surface area contributed by atoms with Gasteiger partial charge in [0.05, 0.1) is 0 Å². The molecule has 2 rings (SSSR count). The van der Waals surface area contributed by atoms with E-state index in [0.29, 0.717) is 10.6 Å². The fourth-order valence-electron chi connectivity index (χ4n) is 2.17. The third-order valence-electron chi connectivity index (χ3n) is 3.46. The Hall–Kier alpha value is -2.60. The average Bonchev–Trinajstić information content (AvgIpc) is 2.53. The van der Waals surface area contributed by atoms with Crippen molar-refractivity contribution in [3.05, 3.63) is 47.2 Å². The molecule has 3 N–H and O–H groups in total. The number of hydrogen-bond donors (Lipinski definition) is 3. The lowest BCUT2D eigenvalue weighted by Gasteiger charge is -2.24. The minimum Gasteiger partial charge on any atom is -0.505 e. The number of hydrogen-bond acceptors (Lipinski definition) is 4. The number of likely N-dealkylation sites (N-methyl/N-ethyl adjacent to an activating group) is 1. The Balaban J connectivity index is 2.27. The first-order valence-electron chi connectivity index (χ1n) is 7.24. The van der Waals surface area contributed by atoms with E-state index in [1.807, 2.05) is 6.07 Å². The Morgan fingerprint density at radius 1 is 1.21 bits per heavy atom. The van der Waals surface area contributed by atoms with Gasteiger partial charge in [-0.25, -0.2) is 4.98 Å². The number of pyridine rings is 1. The van der Waals surface area contributed by atoms with Crippen molar-refractivity contribution in [2.75, 3.05) is 7.05 Å². The van der Waals surface area contributed by atoms with E-state index in [4.69, 9.17) is 11.6 Å². The van der Waals surface area contributed by atoms with E-state index in [0.717, 1.165) is 5.56 Å². The first-order valence-corrected chi connectivity index (χ1v) is 7.62. The Morgan fingerprint density at radius 3 is 2.50 bits per heavy atom. The summed E-state index contributed by atoms with van der Waals surface area (Å²) in [5.74, 6) is -1.28. The van der Waals surface area contributed by atoms with Gasteiger partial charge < -0.3 is 15.7 Å². The van der Waals surface area contributed by atoms with Crippen molar-refractivity contribution in [1.29, 1.82) is 0 Å². The van der Waals surface area contributed by atoms with Crippen LogP contribution in [-0.4, -0.2) is 34.5 Å². The van der Waals surface area contributed by atoms with Crippen LogP contribution in [0.2, 0.25) is 5.02 Å². The molecule has 1 heterocycles. The van der Waals surface area contributed by atoms with Crippen LogP contribution in [0.3, 0.4) is 0 Å². The van der Waals surface area contributed by atoms with Crippen LogP contribution < -0.4 is 10.6 Å². The molecule has 0 bridgehead atoms. The topological polar surface area (TPSA) is 91.3 Å². The van der Waals surface area contributed by atoms with Crippen molar-refractivity contribution in [3.63, 3.8) is 0 Å². The van der Waals surface area contributed by atoms with Crippen LogP contribution >= 0.6 is 11.6 Å². The number of carbonyl (C=O) groups is 2. The van der Waals surface area contributed by atoms with Gasteiger partial charge in [0.1, 0.15) is 11.3 Å². The summed E-state index contributed by atoms with van der Waals surface area (Å²) >= 11 is 5.95. The number of carbonyl (C=O) groups excluding carboxylic acids is 2. The normalized spacial score (nSPS) is 11.0. The number of rotatable bonds is 4. The van der Waals surface area contributed by atoms with Crippen LogP contribution in [0, 0.1) is 0 Å². The number of nitrogens with one attached hydrogen (secondary N) is 2. The van der Waals surface area contributed by atoms with Gasteiger partial charge in [0.25, 0.3) is 5.91 Å². The summed E-state index contributed by atoms with van der Waals surface area (Å²) in [7, 11) is 1.48. The van der Waals surface area contributed by atoms with Crippen molar-refractivity contribution in [1.82, 2.24) is 15.6 Å². The summed E-state index contributed by atoms with van der Waals surface area (Å²) in [4.78, 5) is 28.0. The molecular formula is C17H18ClN3O3. The lowest BCUT2D eigenvalue weighted by molar-refractivity contribution is -0.125. The molecule has 0 saturated carbocycles. The van der Waals surface area contributed by atoms with Crippen LogP contribution in [0.1, 0.15) is 24.3 Å². The van der Waals surface area contributed by atoms with Gasteiger partial charge in [0, 0.05) is 23.8 Å². The molecule has 24 heavy (non-hydrogen) atoms. The van der Waals surface area contributed by atoms with Crippen LogP contribution in [-0.2, 0) is 4.79 Å². The third kappa shape index (κ3) is 3.83. The van der Waals surface area contributed by atoms with Gasteiger partial charge in [-0.2, -0.15) is 0 Å². The molecule has 0 unspecified atom stereocenters. The summed E-state index contributed by atoms with van der Waals surface area (Å²) in [6.07, 6.45) is 1.47. The van der Waals surface area contributed by atoms with Crippen LogP contribution in [0.4, 0.5) is 0 Å². The maximum absolute atomic E-state index is 12.3. The second-order valence-electron chi connectivity index (χ2n) is 5.76. The maximum atomic E-state index is 12.3. The Bertz CT molecular complexity index is 790. The first kappa shape index (κ1) is 17.7. The van der Waals surface area contributed by atoms with Gasteiger partial charge in [0.15, 0.2) is 5.69 Å². The fraction of sp³-hybridized carbons (Fsp3) is 0.235. The zero-order chi connectivity index (χ0) is 17.9. The van der Waals surface area contributed by atoms with Gasteiger partial charge in [-0.3, -0.25) is 9.59 Å². The molecule has 2 aromatic rings. The van der Waals surface area contributed by atoms with Crippen LogP contribution in [0.5, 0.6) is 5.75 Å². The lowest BCUT2D eigenvalue weighted by atomic mass is 10.0. The molecule has 0 spiro atoms. The highest BCUT2D eigenvalue weighted by molar-refractivity contribution is 6.30. The number of amides is 2. The molecule has 0 saturated heterocycles. The van der Waals surface area contributed by atoms with Crippen molar-refractivity contribution in [2.45, 2.75) is 19.4 Å². The summed E-state index contributed by atoms with van der Waals surface area (Å²) in [6, 6.07) is 8.49. The number of aromatic nitrogens is 1. The van der Waals surface area contributed by atoms with E-state index < -0.39 is 11.4 Å². The maximum Gasteiger partial charge on any atom is 0.274 e. The fourth-order valence-corrected chi connectivity index (χ4v) is 2.36. The third-order valence-corrected chi connectivity index (χ3v) is 3.70. The molecule has 7 heteroatoms. The van der Waals surface area contributed by atoms with Crippen molar-refractivity contribution >= 4 is 23.4 Å². The predicted octanol–water partition coefficient (Wildman–Crippen LogP) is 2.36. The Kier molecular flexibility index (Phi) is 5.09. The molecule has 2 amide bonds. The average molecular weight is 348 g/mol. The highest BCUT2D eigenvalue weighted by Gasteiger charge is 2.30. The number of nitrogens with zero attached hydrogens (tertiary/aromatic N) is 1. The molecule has 0 aliphatic carbocycles. The van der Waals surface area contributed by atoms with E-state index in [-0.39, 0.29) is 17.4 Å². The van der Waals surface area contributed by atoms with E-state index in [2.05, 4.69) is 15.6 Å². The smallest absolute Gasteiger partial charge is 0.274 e. The number of benzene rings is 1. The minimum absolute atomic E-state index is 0.155. The van der Waals surface area contributed by atoms with Crippen molar-refractivity contribution in [2.24, 2.45) is 0 Å². The van der Waals surface area contributed by atoms with Gasteiger partial charge in [-0.1, -0.05) is 23.7 Å². The predicted molar refractivity (Wildman–Crippen MR) is 92.0 cm³/mol. The Labute approximate surface area is 144 Å². The molecule has 0 fully saturated rings. The highest BCUT2D eigenvalue weighted by atomic mass is 35.5. The van der Waals surface area contributed by atoms with Gasteiger partial charge in [-0.05, 0) is 37.6 Å². The SMILES string of the molecule is CNC(=O)C(C)(C)NC(=O)c1ncc(-c2cccc(Cl)c2)cc1O. The first-order chi connectivity index (χ1) is 11.2. The second kappa shape index (κ2) is 6.88. The monoisotopic (exact) mass is 347 g/mol. The molecular weight excluding hydrogens is 330 g/mol. The van der Waals surface area contributed by atoms with Crippen LogP contribution in [0.15, 0.2) is 36.5 Å². The quantitative estimate of drug-likeness (QED) is 0.791. The molecule has 0 atom stereocenters. The van der Waals surface area contributed by atoms with Crippen molar-refractivity contribution < 1.29 is 14.7 Å². The molecule has 0 aliphatic rings. The highest BCUT2D eigenvalue weighted by Crippen LogP contribution is 2.26. The second-order valence-corrected chi connectivity index (χ2v) is 6.20. The van der Waals surface area contributed by atoms with Gasteiger partial charge >= 0.3 is 0 Å². The van der Waals surface area contributed by atoms with Gasteiger partial charge in [-0.15, -0.1) is 0 Å². The van der Waals surface area contributed by atoms with E-state index in [1.54, 1.807) is 32.0 Å². The van der Waals surface area contributed by atoms with E-state index in [1.165, 1.54) is 19.3 Å². The molecule has 0 aliphatic heterocycles. The largest absolute Gasteiger partial charge is 0.505 e. The van der Waals surface area contributed by atoms with Gasteiger partial charge in [0.2, 0.25) is 5.91 Å². The summed E-state index contributed by atoms with van der Waals surface area (Å²) in [6.45, 7) is 3.11. The van der Waals surface area contributed by atoms with Crippen LogP contribution in [0.25, 0.3) is 11.1 Å². The zero-order valence-corrected chi connectivity index (χ0v) is 14.3. The zero-order valence-electron chi connectivity index (χ0n) is 13.6. The molecule has 6 nitrogen and oxygen atoms in total. The summed E-state index contributed by atoms with van der Waals surface area (Å²) in [5.41, 5.74) is 0.101. The van der Waals surface area contributed by atoms with Crippen molar-refractivity contribution in [3.8, 4) is 16.9 Å². The molecule has 126 valence electrons. The lowest BCUT2D eigenvalue weighted by Crippen LogP contribution is -2.54. The minimum atomic E-state index is -1.13. The number of aromatic hydroxyl groups is 1. The summed E-state index contributed by atoms with van der Waals surface area (Å²) in [5, 5.41) is 15.7. The van der Waals surface area contributed by atoms with E-state index in [9.17, 15) is 14.7 Å². The standard InChI is InChI=1S/C17H18ClN3O3/c1-17(2,16(24)19-3)21-15(23)14-13(22)8-11(9-20-14)10-5-4-6-12(18)7-10/h4-9,22H,1-3H3,(H,19,24)(H,21,23).